The molecule has 0 heterocycles. The first-order valence-electron chi connectivity index (χ1n) is 9.28. The van der Waals surface area contributed by atoms with Crippen LogP contribution in [0.1, 0.15) is 24.5 Å². The third-order valence-electron chi connectivity index (χ3n) is 4.41. The molecule has 150 valence electrons. The molecule has 2 rings (SSSR count). The Bertz CT molecular complexity index is 803. The molecule has 0 aliphatic carbocycles. The highest BCUT2D eigenvalue weighted by Crippen LogP contribution is 2.17. The third kappa shape index (κ3) is 6.61. The van der Waals surface area contributed by atoms with Gasteiger partial charge in [0.15, 0.2) is 0 Å². The average Bonchev–Trinajstić information content (AvgIpc) is 2.67. The molecule has 28 heavy (non-hydrogen) atoms. The zero-order valence-electron chi connectivity index (χ0n) is 17.0. The smallest absolute Gasteiger partial charge is 0.226 e. The summed E-state index contributed by atoms with van der Waals surface area (Å²) in [5.41, 5.74) is 2.90. The molecule has 0 aliphatic heterocycles. The summed E-state index contributed by atoms with van der Waals surface area (Å²) < 4.78 is 10.8. The van der Waals surface area contributed by atoms with Crippen molar-refractivity contribution in [2.24, 2.45) is 0 Å². The first-order chi connectivity index (χ1) is 13.4. The largest absolute Gasteiger partial charge is 0.497 e. The van der Waals surface area contributed by atoms with E-state index in [-0.39, 0.29) is 18.2 Å². The maximum atomic E-state index is 12.3. The summed E-state index contributed by atoms with van der Waals surface area (Å²) in [7, 11) is 1.61. The maximum Gasteiger partial charge on any atom is 0.226 e. The highest BCUT2D eigenvalue weighted by molar-refractivity contribution is 5.92. The van der Waals surface area contributed by atoms with Crippen LogP contribution in [-0.4, -0.2) is 43.5 Å². The minimum absolute atomic E-state index is 0.0853. The van der Waals surface area contributed by atoms with Gasteiger partial charge in [-0.15, -0.1) is 0 Å². The molecule has 1 N–H and O–H groups in total. The van der Waals surface area contributed by atoms with Crippen LogP contribution in [-0.2, 0) is 9.59 Å². The van der Waals surface area contributed by atoms with Crippen LogP contribution in [0.3, 0.4) is 0 Å². The lowest BCUT2D eigenvalue weighted by Crippen LogP contribution is -2.35. The lowest BCUT2D eigenvalue weighted by molar-refractivity contribution is -0.129. The van der Waals surface area contributed by atoms with Gasteiger partial charge in [-0.25, -0.2) is 0 Å². The van der Waals surface area contributed by atoms with E-state index in [0.717, 1.165) is 22.6 Å². The van der Waals surface area contributed by atoms with Gasteiger partial charge < -0.3 is 19.7 Å². The molecular weight excluding hydrogens is 356 g/mol. The normalized spacial score (nSPS) is 10.3. The van der Waals surface area contributed by atoms with Gasteiger partial charge in [0.05, 0.1) is 13.7 Å². The van der Waals surface area contributed by atoms with Gasteiger partial charge >= 0.3 is 0 Å². The summed E-state index contributed by atoms with van der Waals surface area (Å²) in [4.78, 5) is 25.7. The monoisotopic (exact) mass is 384 g/mol. The van der Waals surface area contributed by atoms with Crippen molar-refractivity contribution in [2.75, 3.05) is 32.1 Å². The summed E-state index contributed by atoms with van der Waals surface area (Å²) >= 11 is 0. The molecule has 6 nitrogen and oxygen atoms in total. The molecule has 2 aromatic rings. The Morgan fingerprint density at radius 3 is 2.32 bits per heavy atom. The first kappa shape index (κ1) is 21.3. The number of benzene rings is 2. The second-order valence-electron chi connectivity index (χ2n) is 6.65. The summed E-state index contributed by atoms with van der Waals surface area (Å²) in [6.07, 6.45) is 0.232. The second-order valence-corrected chi connectivity index (χ2v) is 6.65. The minimum Gasteiger partial charge on any atom is -0.497 e. The fraction of sp³-hybridized carbons (Fsp3) is 0.364. The number of rotatable bonds is 9. The zero-order chi connectivity index (χ0) is 20.5. The number of aryl methyl sites for hydroxylation is 2. The predicted octanol–water partition coefficient (Wildman–Crippen LogP) is 3.57. The molecule has 0 spiro atoms. The van der Waals surface area contributed by atoms with Crippen molar-refractivity contribution in [1.29, 1.82) is 0 Å². The van der Waals surface area contributed by atoms with Gasteiger partial charge in [0.25, 0.3) is 0 Å². The van der Waals surface area contributed by atoms with Gasteiger partial charge in [-0.2, -0.15) is 0 Å². The molecule has 0 bridgehead atoms. The van der Waals surface area contributed by atoms with Gasteiger partial charge in [0, 0.05) is 25.6 Å². The topological polar surface area (TPSA) is 67.9 Å². The van der Waals surface area contributed by atoms with E-state index in [4.69, 9.17) is 9.47 Å². The fourth-order valence-corrected chi connectivity index (χ4v) is 2.69. The maximum absolute atomic E-state index is 12.3. The molecule has 0 saturated heterocycles. The van der Waals surface area contributed by atoms with E-state index in [1.807, 2.05) is 56.3 Å². The van der Waals surface area contributed by atoms with Crippen molar-refractivity contribution in [3.05, 3.63) is 53.6 Å². The molecule has 6 heteroatoms. The standard InChI is InChI=1S/C22H28N2O4/c1-16-5-6-17(2)21(15-16)23-22(26)11-12-24(18(3)25)13-14-28-20-9-7-19(27-4)8-10-20/h5-10,15H,11-14H2,1-4H3,(H,23,26). The van der Waals surface area contributed by atoms with E-state index in [1.165, 1.54) is 6.92 Å². The number of ether oxygens (including phenoxy) is 2. The van der Waals surface area contributed by atoms with Crippen LogP contribution in [0.2, 0.25) is 0 Å². The lowest BCUT2D eigenvalue weighted by atomic mass is 10.1. The summed E-state index contributed by atoms with van der Waals surface area (Å²) in [6.45, 7) is 6.54. The molecule has 0 aliphatic rings. The third-order valence-corrected chi connectivity index (χ3v) is 4.41. The number of carbonyl (C=O) groups excluding carboxylic acids is 2. The molecule has 0 saturated carbocycles. The van der Waals surface area contributed by atoms with Gasteiger partial charge in [-0.1, -0.05) is 12.1 Å². The minimum atomic E-state index is -0.115. The van der Waals surface area contributed by atoms with Crippen LogP contribution in [0.15, 0.2) is 42.5 Å². The van der Waals surface area contributed by atoms with Crippen molar-refractivity contribution in [3.8, 4) is 11.5 Å². The predicted molar refractivity (Wildman–Crippen MR) is 110 cm³/mol. The Morgan fingerprint density at radius 2 is 1.68 bits per heavy atom. The van der Waals surface area contributed by atoms with E-state index < -0.39 is 0 Å². The van der Waals surface area contributed by atoms with Crippen LogP contribution >= 0.6 is 0 Å². The van der Waals surface area contributed by atoms with Gasteiger partial charge in [-0.3, -0.25) is 9.59 Å². The number of nitrogens with one attached hydrogen (secondary N) is 1. The van der Waals surface area contributed by atoms with Crippen LogP contribution in [0.4, 0.5) is 5.69 Å². The summed E-state index contributed by atoms with van der Waals surface area (Å²) in [5, 5.41) is 2.92. The van der Waals surface area contributed by atoms with Crippen molar-refractivity contribution in [1.82, 2.24) is 4.90 Å². The van der Waals surface area contributed by atoms with Crippen molar-refractivity contribution >= 4 is 17.5 Å². The molecule has 2 aromatic carbocycles. The Labute approximate surface area is 166 Å². The van der Waals surface area contributed by atoms with E-state index in [2.05, 4.69) is 5.32 Å². The highest BCUT2D eigenvalue weighted by atomic mass is 16.5. The molecule has 0 radical (unpaired) electrons. The van der Waals surface area contributed by atoms with Crippen LogP contribution in [0, 0.1) is 13.8 Å². The molecule has 0 atom stereocenters. The Hall–Kier alpha value is -3.02. The molecule has 0 fully saturated rings. The Balaban J connectivity index is 1.80. The number of anilines is 1. The number of carbonyl (C=O) groups is 2. The quantitative estimate of drug-likeness (QED) is 0.718. The van der Waals surface area contributed by atoms with Crippen LogP contribution in [0.5, 0.6) is 11.5 Å². The van der Waals surface area contributed by atoms with E-state index in [9.17, 15) is 9.59 Å². The van der Waals surface area contributed by atoms with E-state index >= 15 is 0 Å². The van der Waals surface area contributed by atoms with E-state index in [0.29, 0.717) is 25.4 Å². The Kier molecular flexibility index (Phi) is 7.87. The average molecular weight is 384 g/mol. The van der Waals surface area contributed by atoms with Crippen molar-refractivity contribution < 1.29 is 19.1 Å². The van der Waals surface area contributed by atoms with Crippen molar-refractivity contribution in [2.45, 2.75) is 27.2 Å². The van der Waals surface area contributed by atoms with Gasteiger partial charge in [0.1, 0.15) is 18.1 Å². The molecule has 0 unspecified atom stereocenters. The fourth-order valence-electron chi connectivity index (χ4n) is 2.69. The number of methoxy groups -OCH3 is 1. The second kappa shape index (κ2) is 10.3. The SMILES string of the molecule is COc1ccc(OCCN(CCC(=O)Nc2cc(C)ccc2C)C(C)=O)cc1. The molecular formula is C22H28N2O4. The molecule has 2 amide bonds. The zero-order valence-corrected chi connectivity index (χ0v) is 17.0. The van der Waals surface area contributed by atoms with Gasteiger partial charge in [-0.05, 0) is 55.3 Å². The summed E-state index contributed by atoms with van der Waals surface area (Å²) in [6, 6.07) is 13.2. The van der Waals surface area contributed by atoms with Gasteiger partial charge in [0.2, 0.25) is 11.8 Å². The Morgan fingerprint density at radius 1 is 1.00 bits per heavy atom. The number of hydrogen-bond donors (Lipinski definition) is 1. The lowest BCUT2D eigenvalue weighted by Gasteiger charge is -2.21. The van der Waals surface area contributed by atoms with Crippen LogP contribution < -0.4 is 14.8 Å². The van der Waals surface area contributed by atoms with Crippen LogP contribution in [0.25, 0.3) is 0 Å². The summed E-state index contributed by atoms with van der Waals surface area (Å²) in [5.74, 6) is 1.26. The van der Waals surface area contributed by atoms with E-state index in [1.54, 1.807) is 12.0 Å². The highest BCUT2D eigenvalue weighted by Gasteiger charge is 2.12. The van der Waals surface area contributed by atoms with Crippen molar-refractivity contribution in [3.63, 3.8) is 0 Å². The number of hydrogen-bond acceptors (Lipinski definition) is 4. The molecule has 0 aromatic heterocycles. The number of nitrogens with zero attached hydrogens (tertiary/aromatic N) is 1. The number of amides is 2. The first-order valence-corrected chi connectivity index (χ1v) is 9.28.